The van der Waals surface area contributed by atoms with Crippen LogP contribution in [0.1, 0.15) is 61.3 Å². The molecule has 0 fully saturated rings. The Morgan fingerprint density at radius 1 is 1.00 bits per heavy atom. The molecule has 0 spiro atoms. The van der Waals surface area contributed by atoms with Crippen molar-refractivity contribution >= 4 is 10.9 Å². The molecule has 0 aliphatic carbocycles. The van der Waals surface area contributed by atoms with E-state index in [1.165, 1.54) is 17.7 Å². The summed E-state index contributed by atoms with van der Waals surface area (Å²) in [7, 11) is 0. The van der Waals surface area contributed by atoms with E-state index in [1.54, 1.807) is 12.1 Å². The van der Waals surface area contributed by atoms with E-state index in [2.05, 4.69) is 58.3 Å². The van der Waals surface area contributed by atoms with Gasteiger partial charge in [-0.05, 0) is 84.3 Å². The first-order valence-electron chi connectivity index (χ1n) is 13.7. The largest absolute Gasteiger partial charge is 0.321 e. The molecule has 5 aromatic rings. The van der Waals surface area contributed by atoms with Crippen molar-refractivity contribution in [2.45, 2.75) is 58.7 Å². The minimum Gasteiger partial charge on any atom is -0.321 e. The molecule has 3 aromatic carbocycles. The number of rotatable bonds is 10. The highest BCUT2D eigenvalue weighted by molar-refractivity contribution is 5.82. The predicted octanol–water partition coefficient (Wildman–Crippen LogP) is 5.94. The predicted molar refractivity (Wildman–Crippen MR) is 156 cm³/mol. The number of halogens is 1. The Kier molecular flexibility index (Phi) is 7.89. The molecule has 0 aliphatic heterocycles. The number of benzene rings is 3. The monoisotopic (exact) mass is 538 g/mol. The summed E-state index contributed by atoms with van der Waals surface area (Å²) in [5.41, 5.74) is 3.94. The van der Waals surface area contributed by atoms with Crippen molar-refractivity contribution < 1.29 is 4.39 Å². The molecule has 7 nitrogen and oxygen atoms in total. The Bertz CT molecular complexity index is 1640. The first-order chi connectivity index (χ1) is 19.3. The standard InChI is InChI=1S/C32H35FN6O/c1-5-32(3,4)39-30(35-36-37-39)29(27-20-25-13-9-10-22(2)28(25)34-31(27)40)38(19-18-23-11-7-6-8-12-23)21-24-14-16-26(33)17-15-24/h6-17,20,29H,5,18-19,21H2,1-4H3,(H,34,40)/t29-/m1/s1. The maximum Gasteiger partial charge on any atom is 0.253 e. The van der Waals surface area contributed by atoms with E-state index in [-0.39, 0.29) is 16.9 Å². The topological polar surface area (TPSA) is 79.7 Å². The lowest BCUT2D eigenvalue weighted by molar-refractivity contribution is 0.190. The van der Waals surface area contributed by atoms with Crippen LogP contribution < -0.4 is 5.56 Å². The lowest BCUT2D eigenvalue weighted by Gasteiger charge is -2.33. The maximum absolute atomic E-state index is 13.8. The van der Waals surface area contributed by atoms with Gasteiger partial charge in [-0.15, -0.1) is 5.10 Å². The number of H-pyrrole nitrogens is 1. The summed E-state index contributed by atoms with van der Waals surface area (Å²) in [5, 5.41) is 13.9. The average Bonchev–Trinajstić information content (AvgIpc) is 3.45. The van der Waals surface area contributed by atoms with Crippen LogP contribution in [-0.2, 0) is 18.5 Å². The highest BCUT2D eigenvalue weighted by Gasteiger charge is 2.34. The summed E-state index contributed by atoms with van der Waals surface area (Å²) in [6.07, 6.45) is 1.55. The Morgan fingerprint density at radius 3 is 2.48 bits per heavy atom. The van der Waals surface area contributed by atoms with Crippen LogP contribution in [0.5, 0.6) is 0 Å². The van der Waals surface area contributed by atoms with Gasteiger partial charge in [-0.2, -0.15) is 0 Å². The van der Waals surface area contributed by atoms with Gasteiger partial charge in [0.2, 0.25) is 0 Å². The van der Waals surface area contributed by atoms with Gasteiger partial charge >= 0.3 is 0 Å². The summed E-state index contributed by atoms with van der Waals surface area (Å²) < 4.78 is 15.7. The molecule has 8 heteroatoms. The van der Waals surface area contributed by atoms with Gasteiger partial charge in [-0.1, -0.05) is 67.6 Å². The van der Waals surface area contributed by atoms with Crippen LogP contribution in [0.3, 0.4) is 0 Å². The number of nitrogens with one attached hydrogen (secondary N) is 1. The highest BCUT2D eigenvalue weighted by Crippen LogP contribution is 2.32. The Balaban J connectivity index is 1.69. The van der Waals surface area contributed by atoms with E-state index in [4.69, 9.17) is 0 Å². The second-order valence-corrected chi connectivity index (χ2v) is 10.9. The van der Waals surface area contributed by atoms with Crippen LogP contribution in [-0.4, -0.2) is 36.6 Å². The van der Waals surface area contributed by atoms with E-state index in [0.717, 1.165) is 34.9 Å². The van der Waals surface area contributed by atoms with Crippen LogP contribution in [0, 0.1) is 12.7 Å². The fourth-order valence-electron chi connectivity index (χ4n) is 5.09. The fraction of sp³-hybridized carbons (Fsp3) is 0.312. The molecule has 2 heterocycles. The Labute approximate surface area is 233 Å². The summed E-state index contributed by atoms with van der Waals surface area (Å²) in [6.45, 7) is 9.36. The normalized spacial score (nSPS) is 12.8. The quantitative estimate of drug-likeness (QED) is 0.238. The molecule has 5 rings (SSSR count). The average molecular weight is 539 g/mol. The van der Waals surface area contributed by atoms with E-state index >= 15 is 0 Å². The van der Waals surface area contributed by atoms with Gasteiger partial charge in [-0.3, -0.25) is 9.69 Å². The van der Waals surface area contributed by atoms with Gasteiger partial charge in [0.15, 0.2) is 5.82 Å². The molecule has 2 aromatic heterocycles. The van der Waals surface area contributed by atoms with E-state index < -0.39 is 6.04 Å². The van der Waals surface area contributed by atoms with Gasteiger partial charge in [0.05, 0.1) is 11.1 Å². The molecule has 206 valence electrons. The molecule has 0 unspecified atom stereocenters. The SMILES string of the molecule is CCC(C)(C)n1nnnc1[C@@H](c1cc2cccc(C)c2[nH]c1=O)N(CCc1ccccc1)Cc1ccc(F)cc1. The fourth-order valence-corrected chi connectivity index (χ4v) is 5.09. The van der Waals surface area contributed by atoms with Gasteiger partial charge < -0.3 is 4.98 Å². The van der Waals surface area contributed by atoms with Crippen molar-refractivity contribution in [3.63, 3.8) is 0 Å². The van der Waals surface area contributed by atoms with E-state index in [0.29, 0.717) is 24.5 Å². The van der Waals surface area contributed by atoms with E-state index in [9.17, 15) is 9.18 Å². The number of aromatic nitrogens is 5. The summed E-state index contributed by atoms with van der Waals surface area (Å²) in [6, 6.07) is 24.1. The number of fused-ring (bicyclic) bond motifs is 1. The molecule has 0 radical (unpaired) electrons. The van der Waals surface area contributed by atoms with Gasteiger partial charge in [0.1, 0.15) is 11.9 Å². The molecule has 0 saturated carbocycles. The third-order valence-electron chi connectivity index (χ3n) is 7.78. The molecule has 40 heavy (non-hydrogen) atoms. The van der Waals surface area contributed by atoms with Crippen molar-refractivity contribution in [1.82, 2.24) is 30.1 Å². The van der Waals surface area contributed by atoms with Crippen LogP contribution >= 0.6 is 0 Å². The molecular formula is C32H35FN6O. The summed E-state index contributed by atoms with van der Waals surface area (Å²) in [5.74, 6) is 0.311. The molecule has 0 saturated heterocycles. The molecule has 1 atom stereocenters. The first-order valence-corrected chi connectivity index (χ1v) is 13.7. The molecule has 0 amide bonds. The van der Waals surface area contributed by atoms with Gasteiger partial charge in [0.25, 0.3) is 5.56 Å². The number of pyridine rings is 1. The van der Waals surface area contributed by atoms with Gasteiger partial charge in [-0.25, -0.2) is 9.07 Å². The molecule has 0 aliphatic rings. The lowest BCUT2D eigenvalue weighted by Crippen LogP contribution is -2.39. The second kappa shape index (κ2) is 11.5. The number of tetrazole rings is 1. The number of hydrogen-bond acceptors (Lipinski definition) is 5. The lowest BCUT2D eigenvalue weighted by atomic mass is 9.98. The van der Waals surface area contributed by atoms with Crippen molar-refractivity contribution in [3.05, 3.63) is 123 Å². The van der Waals surface area contributed by atoms with Crippen molar-refractivity contribution in [2.24, 2.45) is 0 Å². The maximum atomic E-state index is 13.8. The van der Waals surface area contributed by atoms with Crippen molar-refractivity contribution in [3.8, 4) is 0 Å². The molecule has 0 bridgehead atoms. The Hall–Kier alpha value is -4.17. The number of hydrogen-bond donors (Lipinski definition) is 1. The summed E-state index contributed by atoms with van der Waals surface area (Å²) >= 11 is 0. The molecular weight excluding hydrogens is 503 g/mol. The van der Waals surface area contributed by atoms with Crippen LogP contribution in [0.2, 0.25) is 0 Å². The summed E-state index contributed by atoms with van der Waals surface area (Å²) in [4.78, 5) is 19.2. The van der Waals surface area contributed by atoms with Crippen LogP contribution in [0.15, 0.2) is 83.7 Å². The van der Waals surface area contributed by atoms with Gasteiger partial charge in [0, 0.05) is 18.7 Å². The third-order valence-corrected chi connectivity index (χ3v) is 7.78. The zero-order valence-electron chi connectivity index (χ0n) is 23.4. The number of para-hydroxylation sites is 1. The van der Waals surface area contributed by atoms with Crippen molar-refractivity contribution in [2.75, 3.05) is 6.54 Å². The minimum atomic E-state index is -0.553. The first kappa shape index (κ1) is 27.4. The van der Waals surface area contributed by atoms with Crippen LogP contribution in [0.4, 0.5) is 4.39 Å². The van der Waals surface area contributed by atoms with Crippen LogP contribution in [0.25, 0.3) is 10.9 Å². The number of aryl methyl sites for hydroxylation is 1. The smallest absolute Gasteiger partial charge is 0.253 e. The molecule has 1 N–H and O–H groups in total. The number of nitrogens with zero attached hydrogens (tertiary/aromatic N) is 5. The minimum absolute atomic E-state index is 0.181. The zero-order valence-corrected chi connectivity index (χ0v) is 23.4. The van der Waals surface area contributed by atoms with Crippen molar-refractivity contribution in [1.29, 1.82) is 0 Å². The third kappa shape index (κ3) is 5.72. The highest BCUT2D eigenvalue weighted by atomic mass is 19.1. The van der Waals surface area contributed by atoms with E-state index in [1.807, 2.05) is 54.1 Å². The number of aromatic amines is 1. The second-order valence-electron chi connectivity index (χ2n) is 10.9. The Morgan fingerprint density at radius 2 is 1.75 bits per heavy atom. The zero-order chi connectivity index (χ0) is 28.3.